The summed E-state index contributed by atoms with van der Waals surface area (Å²) in [7, 11) is 0. The first-order valence-electron chi connectivity index (χ1n) is 11.3. The summed E-state index contributed by atoms with van der Waals surface area (Å²) < 4.78 is 5.34. The van der Waals surface area contributed by atoms with E-state index in [0.717, 1.165) is 52.7 Å². The third-order valence-electron chi connectivity index (χ3n) is 6.51. The SMILES string of the molecule is Cc1noc(C)c1-c1ccc(N[C@H]2CC[C@H](C)CC2)c(NC(=O)C[C@@H]2CCC(=O)N2)c1. The molecule has 2 heterocycles. The lowest BCUT2D eigenvalue weighted by molar-refractivity contribution is -0.119. The molecule has 2 amide bonds. The van der Waals surface area contributed by atoms with Crippen molar-refractivity contribution in [3.05, 3.63) is 29.7 Å². The van der Waals surface area contributed by atoms with E-state index in [1.807, 2.05) is 32.0 Å². The maximum absolute atomic E-state index is 12.8. The van der Waals surface area contributed by atoms with Gasteiger partial charge in [-0.1, -0.05) is 18.1 Å². The number of nitrogens with zero attached hydrogens (tertiary/aromatic N) is 1. The van der Waals surface area contributed by atoms with Gasteiger partial charge in [-0.05, 0) is 69.6 Å². The number of carbonyl (C=O) groups is 2. The number of anilines is 2. The highest BCUT2D eigenvalue weighted by atomic mass is 16.5. The van der Waals surface area contributed by atoms with Crippen LogP contribution < -0.4 is 16.0 Å². The molecule has 2 aliphatic rings. The molecule has 2 aromatic rings. The third kappa shape index (κ3) is 5.09. The average Bonchev–Trinajstić information content (AvgIpc) is 3.29. The molecular weight excluding hydrogens is 392 g/mol. The number of rotatable bonds is 6. The Labute approximate surface area is 183 Å². The number of carbonyl (C=O) groups excluding carboxylic acids is 2. The van der Waals surface area contributed by atoms with Crippen molar-refractivity contribution in [1.29, 1.82) is 0 Å². The Hall–Kier alpha value is -2.83. The molecule has 0 radical (unpaired) electrons. The Balaban J connectivity index is 1.56. The molecule has 1 atom stereocenters. The maximum atomic E-state index is 12.8. The molecule has 3 N–H and O–H groups in total. The number of hydrogen-bond donors (Lipinski definition) is 3. The van der Waals surface area contributed by atoms with Crippen LogP contribution in [-0.2, 0) is 9.59 Å². The van der Waals surface area contributed by atoms with E-state index in [1.54, 1.807) is 0 Å². The average molecular weight is 425 g/mol. The van der Waals surface area contributed by atoms with Crippen molar-refractivity contribution in [3.63, 3.8) is 0 Å². The van der Waals surface area contributed by atoms with Crippen LogP contribution in [0.15, 0.2) is 22.7 Å². The Bertz CT molecular complexity index is 940. The zero-order valence-electron chi connectivity index (χ0n) is 18.6. The van der Waals surface area contributed by atoms with Gasteiger partial charge in [-0.25, -0.2) is 0 Å². The normalized spacial score (nSPS) is 23.5. The van der Waals surface area contributed by atoms with Gasteiger partial charge in [-0.15, -0.1) is 0 Å². The highest BCUT2D eigenvalue weighted by Gasteiger charge is 2.24. The van der Waals surface area contributed by atoms with E-state index in [1.165, 1.54) is 12.8 Å². The predicted octanol–water partition coefficient (Wildman–Crippen LogP) is 4.56. The van der Waals surface area contributed by atoms with Gasteiger partial charge in [0.15, 0.2) is 0 Å². The fourth-order valence-corrected chi connectivity index (χ4v) is 4.70. The minimum atomic E-state index is -0.0940. The smallest absolute Gasteiger partial charge is 0.226 e. The molecule has 1 saturated carbocycles. The van der Waals surface area contributed by atoms with E-state index in [9.17, 15) is 9.59 Å². The molecule has 0 unspecified atom stereocenters. The van der Waals surface area contributed by atoms with Crippen molar-refractivity contribution in [1.82, 2.24) is 10.5 Å². The first-order chi connectivity index (χ1) is 14.9. The quantitative estimate of drug-likeness (QED) is 0.632. The minimum absolute atomic E-state index is 0.0205. The summed E-state index contributed by atoms with van der Waals surface area (Å²) in [5, 5.41) is 13.7. The van der Waals surface area contributed by atoms with Gasteiger partial charge in [-0.3, -0.25) is 9.59 Å². The Morgan fingerprint density at radius 2 is 1.94 bits per heavy atom. The van der Waals surface area contributed by atoms with Crippen LogP contribution in [0.2, 0.25) is 0 Å². The molecule has 166 valence electrons. The van der Waals surface area contributed by atoms with Gasteiger partial charge in [0, 0.05) is 30.5 Å². The second-order valence-corrected chi connectivity index (χ2v) is 9.12. The van der Waals surface area contributed by atoms with Crippen LogP contribution in [0.25, 0.3) is 11.1 Å². The lowest BCUT2D eigenvalue weighted by atomic mass is 9.87. The topological polar surface area (TPSA) is 96.3 Å². The highest BCUT2D eigenvalue weighted by Crippen LogP contribution is 2.35. The number of aromatic nitrogens is 1. The number of nitrogens with one attached hydrogen (secondary N) is 3. The lowest BCUT2D eigenvalue weighted by Gasteiger charge is -2.28. The molecule has 1 aliphatic heterocycles. The van der Waals surface area contributed by atoms with Gasteiger partial charge in [-0.2, -0.15) is 0 Å². The summed E-state index contributed by atoms with van der Waals surface area (Å²) in [6.45, 7) is 6.12. The van der Waals surface area contributed by atoms with Gasteiger partial charge < -0.3 is 20.5 Å². The predicted molar refractivity (Wildman–Crippen MR) is 121 cm³/mol. The lowest BCUT2D eigenvalue weighted by Crippen LogP contribution is -2.30. The van der Waals surface area contributed by atoms with E-state index < -0.39 is 0 Å². The number of benzene rings is 1. The van der Waals surface area contributed by atoms with E-state index in [0.29, 0.717) is 18.9 Å². The Kier molecular flexibility index (Phi) is 6.30. The van der Waals surface area contributed by atoms with Crippen LogP contribution in [0.4, 0.5) is 11.4 Å². The molecule has 0 bridgehead atoms. The summed E-state index contributed by atoms with van der Waals surface area (Å²) in [4.78, 5) is 24.2. The molecule has 1 aliphatic carbocycles. The number of hydrogen-bond acceptors (Lipinski definition) is 5. The van der Waals surface area contributed by atoms with Crippen LogP contribution in [0.3, 0.4) is 0 Å². The molecule has 2 fully saturated rings. The summed E-state index contributed by atoms with van der Waals surface area (Å²) >= 11 is 0. The molecule has 7 heteroatoms. The van der Waals surface area contributed by atoms with Gasteiger partial charge in [0.05, 0.1) is 17.1 Å². The molecule has 1 saturated heterocycles. The minimum Gasteiger partial charge on any atom is -0.381 e. The largest absolute Gasteiger partial charge is 0.381 e. The van der Waals surface area contributed by atoms with E-state index in [2.05, 4.69) is 28.0 Å². The first-order valence-corrected chi connectivity index (χ1v) is 11.3. The van der Waals surface area contributed by atoms with Gasteiger partial charge in [0.1, 0.15) is 5.76 Å². The molecular formula is C24H32N4O3. The third-order valence-corrected chi connectivity index (χ3v) is 6.51. The zero-order valence-corrected chi connectivity index (χ0v) is 18.6. The summed E-state index contributed by atoms with van der Waals surface area (Å²) in [6, 6.07) is 6.39. The first kappa shape index (κ1) is 21.4. The molecule has 1 aromatic carbocycles. The van der Waals surface area contributed by atoms with Crippen molar-refractivity contribution >= 4 is 23.2 Å². The van der Waals surface area contributed by atoms with E-state index in [4.69, 9.17) is 4.52 Å². The van der Waals surface area contributed by atoms with Crippen LogP contribution in [0.1, 0.15) is 63.3 Å². The van der Waals surface area contributed by atoms with Crippen LogP contribution in [0, 0.1) is 19.8 Å². The highest BCUT2D eigenvalue weighted by molar-refractivity contribution is 5.96. The summed E-state index contributed by atoms with van der Waals surface area (Å²) in [5.41, 5.74) is 4.43. The standard InChI is InChI=1S/C24H32N4O3/c1-14-4-7-18(8-5-14)25-20-10-6-17(24-15(2)28-31-16(24)3)12-21(20)27-23(30)13-19-9-11-22(29)26-19/h6,10,12,14,18-19,25H,4-5,7-9,11,13H2,1-3H3,(H,26,29)(H,27,30)/t14-,18-,19-/m0/s1. The van der Waals surface area contributed by atoms with Crippen LogP contribution in [0.5, 0.6) is 0 Å². The van der Waals surface area contributed by atoms with E-state index >= 15 is 0 Å². The van der Waals surface area contributed by atoms with Gasteiger partial charge in [0.25, 0.3) is 0 Å². The summed E-state index contributed by atoms with van der Waals surface area (Å²) in [5.74, 6) is 1.46. The monoisotopic (exact) mass is 424 g/mol. The second kappa shape index (κ2) is 9.12. The molecule has 31 heavy (non-hydrogen) atoms. The Morgan fingerprint density at radius 1 is 1.16 bits per heavy atom. The van der Waals surface area contributed by atoms with Crippen LogP contribution >= 0.6 is 0 Å². The molecule has 1 aromatic heterocycles. The van der Waals surface area contributed by atoms with Crippen molar-refractivity contribution in [2.24, 2.45) is 5.92 Å². The Morgan fingerprint density at radius 3 is 2.58 bits per heavy atom. The van der Waals surface area contributed by atoms with Crippen LogP contribution in [-0.4, -0.2) is 29.1 Å². The molecule has 4 rings (SSSR count). The number of aryl methyl sites for hydroxylation is 2. The number of amides is 2. The zero-order chi connectivity index (χ0) is 22.0. The summed E-state index contributed by atoms with van der Waals surface area (Å²) in [6.07, 6.45) is 6.18. The fourth-order valence-electron chi connectivity index (χ4n) is 4.70. The molecule has 7 nitrogen and oxygen atoms in total. The van der Waals surface area contributed by atoms with E-state index in [-0.39, 0.29) is 24.3 Å². The van der Waals surface area contributed by atoms with Crippen molar-refractivity contribution < 1.29 is 14.1 Å². The van der Waals surface area contributed by atoms with Crippen molar-refractivity contribution in [2.45, 2.75) is 77.8 Å². The van der Waals surface area contributed by atoms with Gasteiger partial charge in [0.2, 0.25) is 11.8 Å². The maximum Gasteiger partial charge on any atom is 0.226 e. The van der Waals surface area contributed by atoms with Crippen molar-refractivity contribution in [2.75, 3.05) is 10.6 Å². The second-order valence-electron chi connectivity index (χ2n) is 9.12. The van der Waals surface area contributed by atoms with Crippen molar-refractivity contribution in [3.8, 4) is 11.1 Å². The molecule has 0 spiro atoms. The fraction of sp³-hybridized carbons (Fsp3) is 0.542. The van der Waals surface area contributed by atoms with Gasteiger partial charge >= 0.3 is 0 Å².